The molecule has 1 heterocycles. The van der Waals surface area contributed by atoms with Gasteiger partial charge in [-0.25, -0.2) is 0 Å². The van der Waals surface area contributed by atoms with Crippen molar-refractivity contribution in [3.63, 3.8) is 0 Å². The van der Waals surface area contributed by atoms with Crippen molar-refractivity contribution in [3.8, 4) is 5.75 Å². The van der Waals surface area contributed by atoms with E-state index in [1.807, 2.05) is 24.9 Å². The Labute approximate surface area is 112 Å². The second-order valence-corrected chi connectivity index (χ2v) is 4.66. The number of likely N-dealkylation sites (N-methyl/N-ethyl adjacent to an activating group) is 1. The molecule has 19 heavy (non-hydrogen) atoms. The first kappa shape index (κ1) is 13.5. The van der Waals surface area contributed by atoms with Gasteiger partial charge in [-0.2, -0.15) is 0 Å². The molecule has 1 amide bonds. The standard InChI is InChI=1S/C13H19N3O3/c1-8(6-18-3)16(2)11-5-10-12(4-9(11)14)19-7-13(17)15-10/h4-5,8H,6-7,14H2,1-3H3,(H,15,17). The molecule has 0 saturated heterocycles. The number of methoxy groups -OCH3 is 1. The summed E-state index contributed by atoms with van der Waals surface area (Å²) in [7, 11) is 3.60. The highest BCUT2D eigenvalue weighted by Gasteiger charge is 2.20. The van der Waals surface area contributed by atoms with Crippen LogP contribution in [0, 0.1) is 0 Å². The molecule has 1 unspecified atom stereocenters. The number of nitrogens with zero attached hydrogens (tertiary/aromatic N) is 1. The van der Waals surface area contributed by atoms with Crippen LogP contribution in [0.1, 0.15) is 6.92 Å². The van der Waals surface area contributed by atoms with Crippen molar-refractivity contribution in [2.24, 2.45) is 0 Å². The van der Waals surface area contributed by atoms with Crippen molar-refractivity contribution >= 4 is 23.0 Å². The average Bonchev–Trinajstić information content (AvgIpc) is 2.38. The molecule has 3 N–H and O–H groups in total. The van der Waals surface area contributed by atoms with E-state index in [1.165, 1.54) is 0 Å². The van der Waals surface area contributed by atoms with Crippen molar-refractivity contribution in [2.75, 3.05) is 43.3 Å². The van der Waals surface area contributed by atoms with E-state index in [2.05, 4.69) is 5.32 Å². The summed E-state index contributed by atoms with van der Waals surface area (Å²) < 4.78 is 10.5. The van der Waals surface area contributed by atoms with Crippen LogP contribution in [-0.4, -0.2) is 39.3 Å². The van der Waals surface area contributed by atoms with Gasteiger partial charge in [0.25, 0.3) is 5.91 Å². The summed E-state index contributed by atoms with van der Waals surface area (Å²) in [6.07, 6.45) is 0. The average molecular weight is 265 g/mol. The number of ether oxygens (including phenoxy) is 2. The number of anilines is 3. The zero-order valence-electron chi connectivity index (χ0n) is 11.4. The van der Waals surface area contributed by atoms with Gasteiger partial charge in [0.15, 0.2) is 6.61 Å². The summed E-state index contributed by atoms with van der Waals surface area (Å²) in [5, 5.41) is 2.78. The van der Waals surface area contributed by atoms with Gasteiger partial charge in [-0.15, -0.1) is 0 Å². The lowest BCUT2D eigenvalue weighted by Gasteiger charge is -2.29. The van der Waals surface area contributed by atoms with Gasteiger partial charge in [-0.1, -0.05) is 0 Å². The topological polar surface area (TPSA) is 76.8 Å². The molecule has 1 aromatic rings. The maximum atomic E-state index is 11.3. The number of nitrogens with one attached hydrogen (secondary N) is 1. The molecule has 0 saturated carbocycles. The van der Waals surface area contributed by atoms with Gasteiger partial charge < -0.3 is 25.4 Å². The van der Waals surface area contributed by atoms with Crippen LogP contribution in [0.3, 0.4) is 0 Å². The first-order valence-corrected chi connectivity index (χ1v) is 6.11. The molecule has 1 aliphatic rings. The molecule has 6 heteroatoms. The molecule has 6 nitrogen and oxygen atoms in total. The zero-order valence-corrected chi connectivity index (χ0v) is 11.4. The predicted octanol–water partition coefficient (Wildman–Crippen LogP) is 1.07. The van der Waals surface area contributed by atoms with Crippen LogP contribution < -0.4 is 20.7 Å². The van der Waals surface area contributed by atoms with Crippen LogP contribution >= 0.6 is 0 Å². The largest absolute Gasteiger partial charge is 0.482 e. The first-order valence-electron chi connectivity index (χ1n) is 6.11. The fraction of sp³-hybridized carbons (Fsp3) is 0.462. The van der Waals surface area contributed by atoms with Gasteiger partial charge in [0.05, 0.1) is 23.7 Å². The maximum Gasteiger partial charge on any atom is 0.262 e. The van der Waals surface area contributed by atoms with Crippen LogP contribution in [-0.2, 0) is 9.53 Å². The lowest BCUT2D eigenvalue weighted by molar-refractivity contribution is -0.118. The predicted molar refractivity (Wildman–Crippen MR) is 74.7 cm³/mol. The number of benzene rings is 1. The summed E-state index contributed by atoms with van der Waals surface area (Å²) in [6.45, 7) is 2.66. The number of amides is 1. The van der Waals surface area contributed by atoms with Gasteiger partial charge >= 0.3 is 0 Å². The third-order valence-electron chi connectivity index (χ3n) is 3.21. The van der Waals surface area contributed by atoms with E-state index in [0.717, 1.165) is 5.69 Å². The number of carbonyl (C=O) groups is 1. The highest BCUT2D eigenvalue weighted by molar-refractivity contribution is 5.97. The van der Waals surface area contributed by atoms with Crippen LogP contribution in [0.5, 0.6) is 5.75 Å². The summed E-state index contributed by atoms with van der Waals surface area (Å²) in [6, 6.07) is 3.74. The minimum Gasteiger partial charge on any atom is -0.482 e. The van der Waals surface area contributed by atoms with E-state index in [1.54, 1.807) is 13.2 Å². The Hall–Kier alpha value is -1.95. The number of hydrogen-bond donors (Lipinski definition) is 2. The highest BCUT2D eigenvalue weighted by atomic mass is 16.5. The molecule has 2 rings (SSSR count). The van der Waals surface area contributed by atoms with Crippen molar-refractivity contribution in [1.82, 2.24) is 0 Å². The minimum absolute atomic E-state index is 0.0295. The zero-order chi connectivity index (χ0) is 14.0. The second-order valence-electron chi connectivity index (χ2n) is 4.66. The summed E-state index contributed by atoms with van der Waals surface area (Å²) in [5.74, 6) is 0.449. The molecule has 0 fully saturated rings. The molecular formula is C13H19N3O3. The molecule has 1 aliphatic heterocycles. The lowest BCUT2D eigenvalue weighted by Crippen LogP contribution is -2.33. The molecule has 0 aliphatic carbocycles. The molecule has 0 radical (unpaired) electrons. The quantitative estimate of drug-likeness (QED) is 0.796. The van der Waals surface area contributed by atoms with E-state index in [4.69, 9.17) is 15.2 Å². The number of rotatable bonds is 4. The third kappa shape index (κ3) is 2.73. The number of fused-ring (bicyclic) bond motifs is 1. The first-order chi connectivity index (χ1) is 9.02. The molecule has 0 aromatic heterocycles. The van der Waals surface area contributed by atoms with Crippen LogP contribution in [0.4, 0.5) is 17.1 Å². The second kappa shape index (κ2) is 5.36. The van der Waals surface area contributed by atoms with Gasteiger partial charge in [-0.05, 0) is 13.0 Å². The van der Waals surface area contributed by atoms with Crippen molar-refractivity contribution in [3.05, 3.63) is 12.1 Å². The molecular weight excluding hydrogens is 246 g/mol. The monoisotopic (exact) mass is 265 g/mol. The SMILES string of the molecule is COCC(C)N(C)c1cc2c(cc1N)OCC(=O)N2. The lowest BCUT2D eigenvalue weighted by atomic mass is 10.1. The third-order valence-corrected chi connectivity index (χ3v) is 3.21. The molecule has 0 bridgehead atoms. The number of nitrogen functional groups attached to an aromatic ring is 1. The minimum atomic E-state index is -0.157. The van der Waals surface area contributed by atoms with E-state index >= 15 is 0 Å². The molecule has 104 valence electrons. The Kier molecular flexibility index (Phi) is 3.80. The Morgan fingerprint density at radius 3 is 3.00 bits per heavy atom. The van der Waals surface area contributed by atoms with Gasteiger partial charge in [-0.3, -0.25) is 4.79 Å². The van der Waals surface area contributed by atoms with Crippen molar-refractivity contribution in [1.29, 1.82) is 0 Å². The highest BCUT2D eigenvalue weighted by Crippen LogP contribution is 2.37. The van der Waals surface area contributed by atoms with Crippen molar-refractivity contribution in [2.45, 2.75) is 13.0 Å². The Bertz CT molecular complexity index is 490. The fourth-order valence-corrected chi connectivity index (χ4v) is 2.03. The van der Waals surface area contributed by atoms with Gasteiger partial charge in [0.2, 0.25) is 0 Å². The summed E-state index contributed by atoms with van der Waals surface area (Å²) in [5.41, 5.74) is 8.14. The normalized spacial score (nSPS) is 15.2. The molecule has 1 atom stereocenters. The maximum absolute atomic E-state index is 11.3. The van der Waals surface area contributed by atoms with E-state index in [-0.39, 0.29) is 18.6 Å². The van der Waals surface area contributed by atoms with Crippen LogP contribution in [0.15, 0.2) is 12.1 Å². The number of carbonyl (C=O) groups excluding carboxylic acids is 1. The number of nitrogens with two attached hydrogens (primary N) is 1. The number of hydrogen-bond acceptors (Lipinski definition) is 5. The molecule has 0 spiro atoms. The summed E-state index contributed by atoms with van der Waals surface area (Å²) in [4.78, 5) is 13.3. The summed E-state index contributed by atoms with van der Waals surface area (Å²) >= 11 is 0. The van der Waals surface area contributed by atoms with E-state index < -0.39 is 0 Å². The Balaban J connectivity index is 2.31. The molecule has 1 aromatic carbocycles. The Morgan fingerprint density at radius 2 is 2.32 bits per heavy atom. The van der Waals surface area contributed by atoms with Gasteiger partial charge in [0.1, 0.15) is 5.75 Å². The fourth-order valence-electron chi connectivity index (χ4n) is 2.03. The van der Waals surface area contributed by atoms with Gasteiger partial charge in [0, 0.05) is 26.3 Å². The van der Waals surface area contributed by atoms with Crippen LogP contribution in [0.2, 0.25) is 0 Å². The Morgan fingerprint density at radius 1 is 1.58 bits per heavy atom. The van der Waals surface area contributed by atoms with E-state index in [9.17, 15) is 4.79 Å². The van der Waals surface area contributed by atoms with Crippen molar-refractivity contribution < 1.29 is 14.3 Å². The van der Waals surface area contributed by atoms with E-state index in [0.29, 0.717) is 23.7 Å². The smallest absolute Gasteiger partial charge is 0.262 e. The van der Waals surface area contributed by atoms with Crippen LogP contribution in [0.25, 0.3) is 0 Å².